The highest BCUT2D eigenvalue weighted by molar-refractivity contribution is 5.95. The molecule has 0 aliphatic heterocycles. The maximum Gasteiger partial charge on any atom is 0.126 e. The van der Waals surface area contributed by atoms with Gasteiger partial charge in [0.2, 0.25) is 0 Å². The Labute approximate surface area is 163 Å². The quantitative estimate of drug-likeness (QED) is 0.306. The van der Waals surface area contributed by atoms with Crippen LogP contribution in [0.1, 0.15) is 18.2 Å². The Bertz CT molecular complexity index is 969. The van der Waals surface area contributed by atoms with Gasteiger partial charge in [0.05, 0.1) is 42.2 Å². The van der Waals surface area contributed by atoms with Crippen LogP contribution in [0.15, 0.2) is 54.0 Å². The summed E-state index contributed by atoms with van der Waals surface area (Å²) in [7, 11) is 1.81. The molecule has 2 aromatic heterocycles. The SMILES string of the molecule is CNc1ccc(N(Cc2cnc(-c3ccc(F)cc3C)cn2)/C(C)=N\N)cn1. The van der Waals surface area contributed by atoms with Crippen molar-refractivity contribution < 1.29 is 4.39 Å². The van der Waals surface area contributed by atoms with Crippen molar-refractivity contribution in [3.8, 4) is 11.3 Å². The van der Waals surface area contributed by atoms with Crippen molar-refractivity contribution in [3.05, 3.63) is 66.0 Å². The van der Waals surface area contributed by atoms with Gasteiger partial charge in [-0.2, -0.15) is 5.10 Å². The minimum atomic E-state index is -0.268. The monoisotopic (exact) mass is 379 g/mol. The highest BCUT2D eigenvalue weighted by Gasteiger charge is 2.13. The molecule has 0 saturated carbocycles. The topological polar surface area (TPSA) is 92.3 Å². The summed E-state index contributed by atoms with van der Waals surface area (Å²) in [6, 6.07) is 8.41. The van der Waals surface area contributed by atoms with Gasteiger partial charge in [0.1, 0.15) is 17.5 Å². The first kappa shape index (κ1) is 19.2. The first-order valence-corrected chi connectivity index (χ1v) is 8.75. The molecule has 0 aliphatic rings. The standard InChI is InChI=1S/C20H22FN7/c1-13-8-15(21)4-6-18(13)19-11-24-16(9-25-19)12-28(14(2)27-22)17-5-7-20(23-3)26-10-17/h4-11H,12,22H2,1-3H3,(H,23,26)/b27-14-. The van der Waals surface area contributed by atoms with Gasteiger partial charge in [-0.15, -0.1) is 0 Å². The number of aryl methyl sites for hydroxylation is 1. The second-order valence-corrected chi connectivity index (χ2v) is 6.27. The fourth-order valence-electron chi connectivity index (χ4n) is 2.81. The summed E-state index contributed by atoms with van der Waals surface area (Å²) < 4.78 is 13.3. The van der Waals surface area contributed by atoms with Gasteiger partial charge in [-0.1, -0.05) is 0 Å². The third-order valence-electron chi connectivity index (χ3n) is 4.38. The number of rotatable bonds is 5. The summed E-state index contributed by atoms with van der Waals surface area (Å²) in [6.07, 6.45) is 5.12. The lowest BCUT2D eigenvalue weighted by Crippen LogP contribution is -2.29. The van der Waals surface area contributed by atoms with Crippen LogP contribution >= 0.6 is 0 Å². The number of amidine groups is 1. The largest absolute Gasteiger partial charge is 0.373 e. The fraction of sp³-hybridized carbons (Fsp3) is 0.200. The predicted octanol–water partition coefficient (Wildman–Crippen LogP) is 3.33. The number of hydrogen-bond acceptors (Lipinski definition) is 6. The average Bonchev–Trinajstić information content (AvgIpc) is 2.72. The normalized spacial score (nSPS) is 11.4. The van der Waals surface area contributed by atoms with E-state index in [1.165, 1.54) is 12.1 Å². The molecule has 0 bridgehead atoms. The molecule has 1 aromatic carbocycles. The van der Waals surface area contributed by atoms with Crippen LogP contribution < -0.4 is 16.1 Å². The molecule has 3 N–H and O–H groups in total. The van der Waals surface area contributed by atoms with Gasteiger partial charge >= 0.3 is 0 Å². The van der Waals surface area contributed by atoms with Crippen molar-refractivity contribution in [1.82, 2.24) is 15.0 Å². The molecule has 0 amide bonds. The molecular formula is C20H22FN7. The second kappa shape index (κ2) is 8.43. The molecule has 0 unspecified atom stereocenters. The van der Waals surface area contributed by atoms with E-state index in [1.807, 2.05) is 37.9 Å². The first-order valence-electron chi connectivity index (χ1n) is 8.75. The summed E-state index contributed by atoms with van der Waals surface area (Å²) in [5, 5.41) is 6.79. The van der Waals surface area contributed by atoms with Gasteiger partial charge in [0, 0.05) is 12.6 Å². The summed E-state index contributed by atoms with van der Waals surface area (Å²) >= 11 is 0. The van der Waals surface area contributed by atoms with Crippen LogP contribution in [0.4, 0.5) is 15.9 Å². The Morgan fingerprint density at radius 2 is 1.96 bits per heavy atom. The van der Waals surface area contributed by atoms with Crippen molar-refractivity contribution in [3.63, 3.8) is 0 Å². The Kier molecular flexibility index (Phi) is 5.78. The van der Waals surface area contributed by atoms with Crippen molar-refractivity contribution in [1.29, 1.82) is 0 Å². The number of nitrogens with one attached hydrogen (secondary N) is 1. The maximum atomic E-state index is 13.3. The smallest absolute Gasteiger partial charge is 0.126 e. The van der Waals surface area contributed by atoms with Gasteiger partial charge in [-0.05, 0) is 49.7 Å². The number of benzene rings is 1. The highest BCUT2D eigenvalue weighted by Crippen LogP contribution is 2.22. The Balaban J connectivity index is 1.84. The second-order valence-electron chi connectivity index (χ2n) is 6.27. The van der Waals surface area contributed by atoms with Crippen molar-refractivity contribution >= 4 is 17.3 Å². The summed E-state index contributed by atoms with van der Waals surface area (Å²) in [5.41, 5.74) is 3.93. The van der Waals surface area contributed by atoms with E-state index in [0.717, 1.165) is 28.3 Å². The van der Waals surface area contributed by atoms with E-state index < -0.39 is 0 Å². The van der Waals surface area contributed by atoms with Gasteiger partial charge in [-0.25, -0.2) is 9.37 Å². The number of hydrogen-bond donors (Lipinski definition) is 2. The van der Waals surface area contributed by atoms with Gasteiger partial charge in [0.25, 0.3) is 0 Å². The van der Waals surface area contributed by atoms with Crippen LogP contribution in [-0.2, 0) is 6.54 Å². The Hall–Kier alpha value is -3.55. The summed E-state index contributed by atoms with van der Waals surface area (Å²) in [4.78, 5) is 15.2. The predicted molar refractivity (Wildman–Crippen MR) is 109 cm³/mol. The van der Waals surface area contributed by atoms with E-state index in [9.17, 15) is 4.39 Å². The molecule has 0 radical (unpaired) electrons. The number of hydrazone groups is 1. The van der Waals surface area contributed by atoms with Gasteiger partial charge in [-0.3, -0.25) is 9.97 Å². The van der Waals surface area contributed by atoms with E-state index >= 15 is 0 Å². The molecule has 3 rings (SSSR count). The molecule has 0 spiro atoms. The minimum Gasteiger partial charge on any atom is -0.373 e. The van der Waals surface area contributed by atoms with Crippen LogP contribution in [0.3, 0.4) is 0 Å². The molecule has 0 atom stereocenters. The van der Waals surface area contributed by atoms with Crippen molar-refractivity contribution in [2.24, 2.45) is 10.9 Å². The van der Waals surface area contributed by atoms with Crippen molar-refractivity contribution in [2.45, 2.75) is 20.4 Å². The number of nitrogens with two attached hydrogens (primary N) is 1. The number of aromatic nitrogens is 3. The Morgan fingerprint density at radius 1 is 1.14 bits per heavy atom. The van der Waals surface area contributed by atoms with Crippen LogP contribution in [0, 0.1) is 12.7 Å². The van der Waals surface area contributed by atoms with E-state index in [2.05, 4.69) is 25.4 Å². The molecular weight excluding hydrogens is 357 g/mol. The zero-order valence-corrected chi connectivity index (χ0v) is 16.0. The van der Waals surface area contributed by atoms with E-state index in [1.54, 1.807) is 24.7 Å². The van der Waals surface area contributed by atoms with E-state index in [-0.39, 0.29) is 5.82 Å². The number of nitrogens with zero attached hydrogens (tertiary/aromatic N) is 5. The minimum absolute atomic E-state index is 0.268. The lowest BCUT2D eigenvalue weighted by molar-refractivity contribution is 0.627. The third-order valence-corrected chi connectivity index (χ3v) is 4.38. The summed E-state index contributed by atoms with van der Waals surface area (Å²) in [5.74, 6) is 6.62. The zero-order valence-electron chi connectivity index (χ0n) is 16.0. The molecule has 8 heteroatoms. The Morgan fingerprint density at radius 3 is 2.54 bits per heavy atom. The van der Waals surface area contributed by atoms with Crippen LogP contribution in [0.2, 0.25) is 0 Å². The van der Waals surface area contributed by atoms with E-state index in [0.29, 0.717) is 18.1 Å². The molecule has 28 heavy (non-hydrogen) atoms. The number of anilines is 2. The maximum absolute atomic E-state index is 13.3. The highest BCUT2D eigenvalue weighted by atomic mass is 19.1. The molecule has 0 fully saturated rings. The molecule has 3 aromatic rings. The average molecular weight is 379 g/mol. The first-order chi connectivity index (χ1) is 13.5. The number of halogens is 1. The third kappa shape index (κ3) is 4.22. The van der Waals surface area contributed by atoms with Gasteiger partial charge < -0.3 is 16.1 Å². The van der Waals surface area contributed by atoms with Gasteiger partial charge in [0.15, 0.2) is 0 Å². The van der Waals surface area contributed by atoms with Crippen molar-refractivity contribution in [2.75, 3.05) is 17.3 Å². The summed E-state index contributed by atoms with van der Waals surface area (Å²) in [6.45, 7) is 4.09. The van der Waals surface area contributed by atoms with E-state index in [4.69, 9.17) is 5.84 Å². The molecule has 2 heterocycles. The molecule has 0 saturated heterocycles. The zero-order chi connectivity index (χ0) is 20.1. The van der Waals surface area contributed by atoms with Crippen LogP contribution in [0.25, 0.3) is 11.3 Å². The van der Waals surface area contributed by atoms with Crippen LogP contribution in [-0.4, -0.2) is 27.8 Å². The molecule has 0 aliphatic carbocycles. The number of pyridine rings is 1. The molecule has 144 valence electrons. The van der Waals surface area contributed by atoms with Crippen LogP contribution in [0.5, 0.6) is 0 Å². The molecule has 7 nitrogen and oxygen atoms in total. The lowest BCUT2D eigenvalue weighted by Gasteiger charge is -2.23. The lowest BCUT2D eigenvalue weighted by atomic mass is 10.1. The fourth-order valence-corrected chi connectivity index (χ4v) is 2.81.